The molecule has 0 aliphatic carbocycles. The molecule has 4 nitrogen and oxygen atoms in total. The summed E-state index contributed by atoms with van der Waals surface area (Å²) in [4.78, 5) is 10.9. The van der Waals surface area contributed by atoms with Crippen LogP contribution < -0.4 is 5.32 Å². The Morgan fingerprint density at radius 1 is 1.53 bits per heavy atom. The number of nitrogens with one attached hydrogen (secondary N) is 1. The van der Waals surface area contributed by atoms with Crippen molar-refractivity contribution in [3.8, 4) is 0 Å². The highest BCUT2D eigenvalue weighted by atomic mass is 79.9. The summed E-state index contributed by atoms with van der Waals surface area (Å²) in [6.45, 7) is 0.0120. The Balaban J connectivity index is 2.97. The number of carboxylic acids is 1. The molecule has 0 spiro atoms. The summed E-state index contributed by atoms with van der Waals surface area (Å²) in [5.74, 6) is -1.04. The van der Waals surface area contributed by atoms with Gasteiger partial charge in [0.05, 0.1) is 22.3 Å². The molecule has 0 radical (unpaired) electrons. The molecule has 0 heterocycles. The molecule has 0 aliphatic rings. The fourth-order valence-corrected chi connectivity index (χ4v) is 2.51. The van der Waals surface area contributed by atoms with Gasteiger partial charge >= 0.3 is 5.97 Å². The second-order valence-electron chi connectivity index (χ2n) is 3.23. The lowest BCUT2D eigenvalue weighted by Gasteiger charge is -2.17. The normalized spacial score (nSPS) is 12.2. The van der Waals surface area contributed by atoms with E-state index in [-0.39, 0.29) is 6.61 Å². The van der Waals surface area contributed by atoms with Crippen molar-refractivity contribution < 1.29 is 14.6 Å². The third-order valence-corrected chi connectivity index (χ3v) is 3.01. The van der Waals surface area contributed by atoms with Gasteiger partial charge in [-0.05, 0) is 12.1 Å². The number of ether oxygens (including phenoxy) is 1. The first-order chi connectivity index (χ1) is 7.95. The van der Waals surface area contributed by atoms with E-state index in [1.807, 2.05) is 0 Å². The van der Waals surface area contributed by atoms with Gasteiger partial charge in [0, 0.05) is 11.6 Å². The minimum Gasteiger partial charge on any atom is -0.480 e. The van der Waals surface area contributed by atoms with Crippen LogP contribution in [-0.4, -0.2) is 30.8 Å². The molecule has 1 atom stereocenters. The molecule has 7 heteroatoms. The fraction of sp³-hybridized carbons (Fsp3) is 0.300. The van der Waals surface area contributed by atoms with E-state index in [4.69, 9.17) is 33.0 Å². The Morgan fingerprint density at radius 3 is 2.47 bits per heavy atom. The Hall–Kier alpha value is -0.490. The molecule has 0 bridgehead atoms. The van der Waals surface area contributed by atoms with Gasteiger partial charge in [-0.2, -0.15) is 0 Å². The third kappa shape index (κ3) is 4.03. The maximum Gasteiger partial charge on any atom is 0.328 e. The average Bonchev–Trinajstić information content (AvgIpc) is 2.21. The summed E-state index contributed by atoms with van der Waals surface area (Å²) < 4.78 is 5.52. The van der Waals surface area contributed by atoms with Crippen LogP contribution in [0.15, 0.2) is 16.6 Å². The average molecular weight is 343 g/mol. The third-order valence-electron chi connectivity index (χ3n) is 1.96. The van der Waals surface area contributed by atoms with Gasteiger partial charge in [0.15, 0.2) is 0 Å². The number of anilines is 1. The van der Waals surface area contributed by atoms with E-state index in [0.717, 1.165) is 4.47 Å². The topological polar surface area (TPSA) is 58.6 Å². The number of methoxy groups -OCH3 is 1. The van der Waals surface area contributed by atoms with Crippen molar-refractivity contribution in [2.24, 2.45) is 0 Å². The van der Waals surface area contributed by atoms with Crippen LogP contribution in [0.5, 0.6) is 0 Å². The molecule has 0 amide bonds. The van der Waals surface area contributed by atoms with Crippen molar-refractivity contribution in [1.82, 2.24) is 0 Å². The van der Waals surface area contributed by atoms with Crippen molar-refractivity contribution in [2.45, 2.75) is 6.04 Å². The summed E-state index contributed by atoms with van der Waals surface area (Å²) in [6, 6.07) is 2.35. The molecule has 1 rings (SSSR count). The largest absolute Gasteiger partial charge is 0.480 e. The molecule has 0 aromatic heterocycles. The first-order valence-corrected chi connectivity index (χ1v) is 6.13. The van der Waals surface area contributed by atoms with Crippen LogP contribution in [0.3, 0.4) is 0 Å². The molecule has 94 valence electrons. The predicted octanol–water partition coefficient (Wildman–Crippen LogP) is 3.27. The van der Waals surface area contributed by atoms with Gasteiger partial charge in [0.2, 0.25) is 0 Å². The second-order valence-corrected chi connectivity index (χ2v) is 4.97. The van der Waals surface area contributed by atoms with Crippen LogP contribution in [0, 0.1) is 0 Å². The maximum absolute atomic E-state index is 10.9. The highest BCUT2D eigenvalue weighted by Crippen LogP contribution is 2.34. The minimum absolute atomic E-state index is 0.0120. The Labute approximate surface area is 117 Å². The van der Waals surface area contributed by atoms with Crippen LogP contribution in [-0.2, 0) is 9.53 Å². The monoisotopic (exact) mass is 341 g/mol. The predicted molar refractivity (Wildman–Crippen MR) is 71.1 cm³/mol. The van der Waals surface area contributed by atoms with Crippen LogP contribution in [0.25, 0.3) is 0 Å². The lowest BCUT2D eigenvalue weighted by molar-refractivity contribution is -0.139. The van der Waals surface area contributed by atoms with Crippen LogP contribution in [0.2, 0.25) is 10.0 Å². The Bertz CT molecular complexity index is 405. The van der Waals surface area contributed by atoms with E-state index in [9.17, 15) is 4.79 Å². The van der Waals surface area contributed by atoms with E-state index in [0.29, 0.717) is 15.7 Å². The van der Waals surface area contributed by atoms with Crippen LogP contribution in [0.4, 0.5) is 5.69 Å². The van der Waals surface area contributed by atoms with Crippen molar-refractivity contribution >= 4 is 50.8 Å². The molecular formula is C10H10BrCl2NO3. The molecule has 1 unspecified atom stereocenters. The van der Waals surface area contributed by atoms with Gasteiger partial charge in [-0.25, -0.2) is 4.79 Å². The molecule has 1 aromatic carbocycles. The number of aliphatic carboxylic acids is 1. The summed E-state index contributed by atoms with van der Waals surface area (Å²) >= 11 is 15.2. The van der Waals surface area contributed by atoms with Crippen LogP contribution in [0.1, 0.15) is 0 Å². The molecular weight excluding hydrogens is 333 g/mol. The molecule has 1 aromatic rings. The van der Waals surface area contributed by atoms with Gasteiger partial charge < -0.3 is 15.2 Å². The van der Waals surface area contributed by atoms with Crippen molar-refractivity contribution in [3.63, 3.8) is 0 Å². The Morgan fingerprint density at radius 2 is 2.06 bits per heavy atom. The van der Waals surface area contributed by atoms with E-state index >= 15 is 0 Å². The van der Waals surface area contributed by atoms with Gasteiger partial charge in [0.1, 0.15) is 6.04 Å². The number of hydrogen-bond donors (Lipinski definition) is 2. The van der Waals surface area contributed by atoms with Crippen molar-refractivity contribution in [1.29, 1.82) is 0 Å². The first-order valence-electron chi connectivity index (χ1n) is 4.58. The van der Waals surface area contributed by atoms with E-state index < -0.39 is 12.0 Å². The van der Waals surface area contributed by atoms with Crippen molar-refractivity contribution in [2.75, 3.05) is 19.0 Å². The molecule has 0 aliphatic heterocycles. The summed E-state index contributed by atoms with van der Waals surface area (Å²) in [5, 5.41) is 12.4. The smallest absolute Gasteiger partial charge is 0.328 e. The zero-order valence-corrected chi connectivity index (χ0v) is 11.9. The zero-order chi connectivity index (χ0) is 13.0. The number of carboxylic acid groups (broad SMARTS) is 1. The molecule has 2 N–H and O–H groups in total. The number of benzene rings is 1. The molecule has 0 saturated carbocycles. The minimum atomic E-state index is -1.04. The second kappa shape index (κ2) is 6.44. The number of hydrogen-bond acceptors (Lipinski definition) is 3. The van der Waals surface area contributed by atoms with Gasteiger partial charge in [-0.1, -0.05) is 39.1 Å². The quantitative estimate of drug-likeness (QED) is 0.862. The number of halogens is 3. The lowest BCUT2D eigenvalue weighted by Crippen LogP contribution is -2.33. The number of rotatable bonds is 5. The first kappa shape index (κ1) is 14.6. The summed E-state index contributed by atoms with van der Waals surface area (Å²) in [7, 11) is 1.42. The highest BCUT2D eigenvalue weighted by Gasteiger charge is 2.19. The van der Waals surface area contributed by atoms with Crippen LogP contribution >= 0.6 is 39.1 Å². The van der Waals surface area contributed by atoms with Crippen molar-refractivity contribution in [3.05, 3.63) is 26.7 Å². The van der Waals surface area contributed by atoms with E-state index in [1.54, 1.807) is 12.1 Å². The fourth-order valence-electron chi connectivity index (χ4n) is 1.20. The maximum atomic E-state index is 10.9. The molecule has 17 heavy (non-hydrogen) atoms. The number of carbonyl (C=O) groups is 1. The van der Waals surface area contributed by atoms with E-state index in [2.05, 4.69) is 21.2 Å². The summed E-state index contributed by atoms with van der Waals surface area (Å²) in [5.41, 5.74) is 0.376. The van der Waals surface area contributed by atoms with Gasteiger partial charge in [-0.3, -0.25) is 0 Å². The highest BCUT2D eigenvalue weighted by molar-refractivity contribution is 9.10. The molecule has 0 fully saturated rings. The SMILES string of the molecule is COCC(Nc1c(Cl)cc(Br)cc1Cl)C(=O)O. The summed E-state index contributed by atoms with van der Waals surface area (Å²) in [6.07, 6.45) is 0. The lowest BCUT2D eigenvalue weighted by atomic mass is 10.2. The standard InChI is InChI=1S/C10H10BrCl2NO3/c1-17-4-8(10(15)16)14-9-6(12)2-5(11)3-7(9)13/h2-3,8,14H,4H2,1H3,(H,15,16). The van der Waals surface area contributed by atoms with Gasteiger partial charge in [-0.15, -0.1) is 0 Å². The molecule has 0 saturated heterocycles. The van der Waals surface area contributed by atoms with Gasteiger partial charge in [0.25, 0.3) is 0 Å². The van der Waals surface area contributed by atoms with E-state index in [1.165, 1.54) is 7.11 Å². The Kier molecular flexibility index (Phi) is 5.52. The zero-order valence-electron chi connectivity index (χ0n) is 8.84.